The van der Waals surface area contributed by atoms with Crippen LogP contribution in [0, 0.1) is 11.3 Å². The van der Waals surface area contributed by atoms with Gasteiger partial charge in [0.25, 0.3) is 0 Å². The molecule has 0 aliphatic rings. The average Bonchev–Trinajstić information content (AvgIpc) is 3.74. The molecule has 0 saturated heterocycles. The third-order valence-electron chi connectivity index (χ3n) is 11.9. The van der Waals surface area contributed by atoms with E-state index in [1.54, 1.807) is 0 Å². The maximum Gasteiger partial charge on any atom is 0.164 e. The van der Waals surface area contributed by atoms with Gasteiger partial charge < -0.3 is 4.42 Å². The van der Waals surface area contributed by atoms with Gasteiger partial charge in [-0.3, -0.25) is 9.97 Å². The van der Waals surface area contributed by atoms with Crippen molar-refractivity contribution in [3.05, 3.63) is 200 Å². The van der Waals surface area contributed by atoms with Crippen LogP contribution in [0.1, 0.15) is 5.56 Å². The summed E-state index contributed by atoms with van der Waals surface area (Å²) in [7, 11) is 0. The van der Waals surface area contributed by atoms with Gasteiger partial charge in [0.15, 0.2) is 17.5 Å². The Bertz CT molecular complexity index is 3800. The van der Waals surface area contributed by atoms with Gasteiger partial charge in [0.1, 0.15) is 11.2 Å². The number of rotatable bonds is 6. The van der Waals surface area contributed by atoms with Gasteiger partial charge >= 0.3 is 0 Å². The lowest BCUT2D eigenvalue weighted by molar-refractivity contribution is 0.669. The molecule has 4 aromatic heterocycles. The number of hydrogen-bond donors (Lipinski definition) is 0. The number of para-hydroxylation sites is 1. The first-order valence-electron chi connectivity index (χ1n) is 20.7. The van der Waals surface area contributed by atoms with E-state index in [9.17, 15) is 5.26 Å². The van der Waals surface area contributed by atoms with Crippen LogP contribution >= 0.6 is 0 Å². The molecule has 292 valence electrons. The summed E-state index contributed by atoms with van der Waals surface area (Å²) in [6.45, 7) is 0. The minimum atomic E-state index is 0.558. The summed E-state index contributed by atoms with van der Waals surface area (Å²) in [5, 5.41) is 15.7. The summed E-state index contributed by atoms with van der Waals surface area (Å²) in [6, 6.07) is 63.9. The van der Waals surface area contributed by atoms with Gasteiger partial charge in [0, 0.05) is 61.8 Å². The fourth-order valence-electron chi connectivity index (χ4n) is 8.76. The van der Waals surface area contributed by atoms with Crippen LogP contribution in [0.4, 0.5) is 0 Å². The van der Waals surface area contributed by atoms with Crippen molar-refractivity contribution in [2.75, 3.05) is 0 Å². The first kappa shape index (κ1) is 36.0. The van der Waals surface area contributed by atoms with Gasteiger partial charge in [-0.25, -0.2) is 15.0 Å². The van der Waals surface area contributed by atoms with Crippen molar-refractivity contribution in [3.63, 3.8) is 0 Å². The highest BCUT2D eigenvalue weighted by Gasteiger charge is 2.19. The fraction of sp³-hybridized carbons (Fsp3) is 0. The maximum atomic E-state index is 9.27. The first-order chi connectivity index (χ1) is 31.1. The molecule has 0 aliphatic heterocycles. The summed E-state index contributed by atoms with van der Waals surface area (Å²) in [6.07, 6.45) is 3.72. The Morgan fingerprint density at radius 1 is 0.349 bits per heavy atom. The summed E-state index contributed by atoms with van der Waals surface area (Å²) in [4.78, 5) is 25.2. The molecule has 0 aliphatic carbocycles. The Kier molecular flexibility index (Phi) is 8.41. The summed E-state index contributed by atoms with van der Waals surface area (Å²) in [5.41, 5.74) is 12.9. The van der Waals surface area contributed by atoms with Crippen LogP contribution in [0.25, 0.3) is 122 Å². The molecular weight excluding hydrogens is 773 g/mol. The zero-order valence-corrected chi connectivity index (χ0v) is 33.6. The molecule has 0 saturated carbocycles. The highest BCUT2D eigenvalue weighted by Crippen LogP contribution is 2.42. The molecule has 0 bridgehead atoms. The van der Waals surface area contributed by atoms with Crippen molar-refractivity contribution < 1.29 is 4.42 Å². The number of aromatic nitrogens is 5. The number of pyridine rings is 2. The largest absolute Gasteiger partial charge is 0.456 e. The molecule has 63 heavy (non-hydrogen) atoms. The quantitative estimate of drug-likeness (QED) is 0.154. The van der Waals surface area contributed by atoms with E-state index in [2.05, 4.69) is 97.1 Å². The molecular formula is C56H32N6O. The minimum absolute atomic E-state index is 0.558. The second-order valence-corrected chi connectivity index (χ2v) is 15.6. The van der Waals surface area contributed by atoms with Crippen LogP contribution in [0.15, 0.2) is 199 Å². The van der Waals surface area contributed by atoms with Gasteiger partial charge in [-0.2, -0.15) is 5.26 Å². The molecule has 0 unspecified atom stereocenters. The van der Waals surface area contributed by atoms with E-state index in [4.69, 9.17) is 29.3 Å². The second-order valence-electron chi connectivity index (χ2n) is 15.6. The molecule has 0 radical (unpaired) electrons. The van der Waals surface area contributed by atoms with Crippen LogP contribution in [0.3, 0.4) is 0 Å². The van der Waals surface area contributed by atoms with Crippen molar-refractivity contribution in [1.82, 2.24) is 24.9 Å². The fourth-order valence-corrected chi connectivity index (χ4v) is 8.76. The number of fused-ring (bicyclic) bond motifs is 8. The second kappa shape index (κ2) is 14.7. The minimum Gasteiger partial charge on any atom is -0.456 e. The van der Waals surface area contributed by atoms with Gasteiger partial charge in [-0.05, 0) is 93.7 Å². The smallest absolute Gasteiger partial charge is 0.164 e. The molecule has 0 amide bonds. The molecule has 7 heteroatoms. The predicted molar refractivity (Wildman–Crippen MR) is 253 cm³/mol. The van der Waals surface area contributed by atoms with Crippen molar-refractivity contribution in [3.8, 4) is 73.6 Å². The maximum absolute atomic E-state index is 9.27. The van der Waals surface area contributed by atoms with Gasteiger partial charge in [-0.1, -0.05) is 121 Å². The third-order valence-corrected chi connectivity index (χ3v) is 11.9. The summed E-state index contributed by atoms with van der Waals surface area (Å²) < 4.78 is 6.27. The molecule has 0 N–H and O–H groups in total. The van der Waals surface area contributed by atoms with Crippen LogP contribution in [-0.2, 0) is 0 Å². The topological polar surface area (TPSA) is 101 Å². The van der Waals surface area contributed by atoms with E-state index in [1.165, 1.54) is 0 Å². The molecule has 0 fully saturated rings. The first-order valence-corrected chi connectivity index (χ1v) is 20.7. The van der Waals surface area contributed by atoms with Gasteiger partial charge in [0.2, 0.25) is 0 Å². The molecule has 7 nitrogen and oxygen atoms in total. The summed E-state index contributed by atoms with van der Waals surface area (Å²) >= 11 is 0. The molecule has 0 atom stereocenters. The lowest BCUT2D eigenvalue weighted by Gasteiger charge is -2.15. The molecule has 12 aromatic rings. The average molecular weight is 805 g/mol. The normalized spacial score (nSPS) is 11.5. The highest BCUT2D eigenvalue weighted by molar-refractivity contribution is 6.22. The lowest BCUT2D eigenvalue weighted by Crippen LogP contribution is -2.00. The zero-order valence-electron chi connectivity index (χ0n) is 33.6. The number of furan rings is 1. The summed E-state index contributed by atoms with van der Waals surface area (Å²) in [5.74, 6) is 1.71. The predicted octanol–water partition coefficient (Wildman–Crippen LogP) is 13.9. The number of hydrogen-bond acceptors (Lipinski definition) is 7. The van der Waals surface area contributed by atoms with Crippen LogP contribution in [0.2, 0.25) is 0 Å². The number of nitrogens with zero attached hydrogens (tertiary/aromatic N) is 6. The van der Waals surface area contributed by atoms with Crippen LogP contribution in [0.5, 0.6) is 0 Å². The Morgan fingerprint density at radius 3 is 1.54 bits per heavy atom. The molecule has 0 spiro atoms. The van der Waals surface area contributed by atoms with Gasteiger partial charge in [0.05, 0.1) is 22.7 Å². The van der Waals surface area contributed by atoms with E-state index in [0.717, 1.165) is 105 Å². The third kappa shape index (κ3) is 6.25. The zero-order chi connectivity index (χ0) is 41.9. The monoisotopic (exact) mass is 804 g/mol. The van der Waals surface area contributed by atoms with E-state index < -0.39 is 0 Å². The SMILES string of the molecule is N#Cc1ccc(-c2ccc(-c3cc4c5cccnc5c(-c5cccc(-c6nc(-c7ccccc7)nc(-c7ccc8c(c7)oc7ccccc78)n6)c5)cc4c4cccnc34)cc2)cc1. The van der Waals surface area contributed by atoms with E-state index in [0.29, 0.717) is 23.0 Å². The van der Waals surface area contributed by atoms with Crippen molar-refractivity contribution in [2.45, 2.75) is 0 Å². The highest BCUT2D eigenvalue weighted by atomic mass is 16.3. The Balaban J connectivity index is 0.993. The molecule has 4 heterocycles. The van der Waals surface area contributed by atoms with E-state index in [-0.39, 0.29) is 0 Å². The molecule has 8 aromatic carbocycles. The number of nitriles is 1. The van der Waals surface area contributed by atoms with Crippen molar-refractivity contribution >= 4 is 54.5 Å². The van der Waals surface area contributed by atoms with Crippen LogP contribution < -0.4 is 0 Å². The van der Waals surface area contributed by atoms with E-state index >= 15 is 0 Å². The molecule has 12 rings (SSSR count). The van der Waals surface area contributed by atoms with Crippen molar-refractivity contribution in [2.24, 2.45) is 0 Å². The van der Waals surface area contributed by atoms with Crippen molar-refractivity contribution in [1.29, 1.82) is 5.26 Å². The Labute approximate surface area is 361 Å². The lowest BCUT2D eigenvalue weighted by atomic mass is 9.90. The van der Waals surface area contributed by atoms with Gasteiger partial charge in [-0.15, -0.1) is 0 Å². The Hall–Kier alpha value is -8.86. The van der Waals surface area contributed by atoms with Crippen LogP contribution in [-0.4, -0.2) is 24.9 Å². The standard InChI is InChI=1S/C56H32N6O/c57-33-34-17-19-35(20-18-34)36-21-23-37(24-22-36)46-31-48-45-15-8-28-59-53(45)47(32-49(48)44-14-7-27-58-52(44)46)39-11-6-12-40(29-39)55-60-54(38-9-2-1-3-10-38)61-56(62-55)41-25-26-43-42-13-4-5-16-50(42)63-51(43)30-41/h1-32H. The Morgan fingerprint density at radius 2 is 0.857 bits per heavy atom. The number of benzene rings is 8. The van der Waals surface area contributed by atoms with E-state index in [1.807, 2.05) is 103 Å².